The number of amides is 1. The molecule has 3 nitrogen and oxygen atoms in total. The lowest BCUT2D eigenvalue weighted by molar-refractivity contribution is -0.117. The molecule has 4 heteroatoms. The van der Waals surface area contributed by atoms with E-state index >= 15 is 0 Å². The van der Waals surface area contributed by atoms with E-state index in [1.807, 2.05) is 19.1 Å². The maximum absolute atomic E-state index is 11.7. The summed E-state index contributed by atoms with van der Waals surface area (Å²) in [4.78, 5) is 13.4. The molecule has 1 aliphatic heterocycles. The van der Waals surface area contributed by atoms with Crippen LogP contribution in [0.4, 0.5) is 5.69 Å². The quantitative estimate of drug-likeness (QED) is 0.859. The predicted octanol–water partition coefficient (Wildman–Crippen LogP) is 2.14. The Hall–Kier alpha value is -1.06. The van der Waals surface area contributed by atoms with Gasteiger partial charge in [0.2, 0.25) is 5.91 Å². The Balaban J connectivity index is 2.35. The molecule has 1 aromatic carbocycles. The summed E-state index contributed by atoms with van der Waals surface area (Å²) in [7, 11) is 0. The third kappa shape index (κ3) is 1.93. The topological polar surface area (TPSA) is 40.5 Å². The van der Waals surface area contributed by atoms with Gasteiger partial charge in [0, 0.05) is 17.1 Å². The molecule has 0 aliphatic carbocycles. The van der Waals surface area contributed by atoms with E-state index in [4.69, 9.17) is 11.6 Å². The number of carbonyl (C=O) groups excluding carboxylic acids is 1. The lowest BCUT2D eigenvalue weighted by Crippen LogP contribution is -2.35. The fourth-order valence-corrected chi connectivity index (χ4v) is 2.18. The van der Waals surface area contributed by atoms with Crippen LogP contribution < -0.4 is 4.90 Å². The fourth-order valence-electron chi connectivity index (χ4n) is 2.00. The van der Waals surface area contributed by atoms with E-state index in [-0.39, 0.29) is 18.6 Å². The van der Waals surface area contributed by atoms with Gasteiger partial charge in [0.1, 0.15) is 0 Å². The van der Waals surface area contributed by atoms with Crippen molar-refractivity contribution in [1.29, 1.82) is 0 Å². The summed E-state index contributed by atoms with van der Waals surface area (Å²) in [5.74, 6) is 0.0546. The van der Waals surface area contributed by atoms with E-state index < -0.39 is 0 Å². The monoisotopic (exact) mass is 239 g/mol. The van der Waals surface area contributed by atoms with Gasteiger partial charge in [-0.1, -0.05) is 17.7 Å². The molecule has 1 heterocycles. The molecule has 1 amide bonds. The second-order valence-corrected chi connectivity index (χ2v) is 4.48. The number of benzene rings is 1. The predicted molar refractivity (Wildman–Crippen MR) is 63.8 cm³/mol. The first-order chi connectivity index (χ1) is 7.63. The van der Waals surface area contributed by atoms with Crippen LogP contribution in [0.1, 0.15) is 18.4 Å². The number of hydrogen-bond donors (Lipinski definition) is 1. The first-order valence-corrected chi connectivity index (χ1v) is 5.70. The first kappa shape index (κ1) is 11.4. The van der Waals surface area contributed by atoms with Gasteiger partial charge in [0.15, 0.2) is 0 Å². The van der Waals surface area contributed by atoms with Crippen LogP contribution in [-0.4, -0.2) is 23.7 Å². The summed E-state index contributed by atoms with van der Waals surface area (Å²) in [5.41, 5.74) is 1.76. The number of aryl methyl sites for hydroxylation is 1. The number of halogens is 1. The van der Waals surface area contributed by atoms with Crippen molar-refractivity contribution in [2.75, 3.05) is 11.5 Å². The van der Waals surface area contributed by atoms with Gasteiger partial charge in [-0.05, 0) is 31.0 Å². The second kappa shape index (κ2) is 4.44. The van der Waals surface area contributed by atoms with Crippen molar-refractivity contribution in [3.05, 3.63) is 28.8 Å². The molecule has 1 aliphatic rings. The van der Waals surface area contributed by atoms with Crippen LogP contribution in [0.3, 0.4) is 0 Å². The maximum atomic E-state index is 11.7. The highest BCUT2D eigenvalue weighted by Crippen LogP contribution is 2.29. The Labute approximate surface area is 99.6 Å². The Bertz CT molecular complexity index is 419. The van der Waals surface area contributed by atoms with Crippen LogP contribution in [0, 0.1) is 6.92 Å². The summed E-state index contributed by atoms with van der Waals surface area (Å²) >= 11 is 6.03. The molecule has 0 spiro atoms. The zero-order chi connectivity index (χ0) is 11.7. The molecule has 0 saturated carbocycles. The highest BCUT2D eigenvalue weighted by molar-refractivity contribution is 6.31. The van der Waals surface area contributed by atoms with Crippen molar-refractivity contribution in [1.82, 2.24) is 0 Å². The van der Waals surface area contributed by atoms with Gasteiger partial charge in [-0.25, -0.2) is 0 Å². The smallest absolute Gasteiger partial charge is 0.227 e. The molecule has 1 saturated heterocycles. The zero-order valence-electron chi connectivity index (χ0n) is 9.11. The Morgan fingerprint density at radius 3 is 2.94 bits per heavy atom. The number of anilines is 1. The Kier molecular flexibility index (Phi) is 3.17. The molecular weight excluding hydrogens is 226 g/mol. The summed E-state index contributed by atoms with van der Waals surface area (Å²) in [5, 5.41) is 9.86. The average Bonchev–Trinajstić information content (AvgIpc) is 2.64. The molecular formula is C12H14ClNO2. The van der Waals surface area contributed by atoms with E-state index in [2.05, 4.69) is 0 Å². The largest absolute Gasteiger partial charge is 0.394 e. The zero-order valence-corrected chi connectivity index (χ0v) is 9.87. The van der Waals surface area contributed by atoms with Crippen molar-refractivity contribution in [2.45, 2.75) is 25.8 Å². The third-order valence-corrected chi connectivity index (χ3v) is 3.38. The first-order valence-electron chi connectivity index (χ1n) is 5.32. The molecule has 0 aromatic heterocycles. The van der Waals surface area contributed by atoms with Gasteiger partial charge in [-0.3, -0.25) is 4.79 Å². The lowest BCUT2D eigenvalue weighted by Gasteiger charge is -2.23. The number of aliphatic hydroxyl groups is 1. The van der Waals surface area contributed by atoms with Gasteiger partial charge in [0.25, 0.3) is 0 Å². The van der Waals surface area contributed by atoms with Gasteiger partial charge >= 0.3 is 0 Å². The maximum Gasteiger partial charge on any atom is 0.227 e. The number of nitrogens with zero attached hydrogens (tertiary/aromatic N) is 1. The van der Waals surface area contributed by atoms with Gasteiger partial charge in [-0.2, -0.15) is 0 Å². The summed E-state index contributed by atoms with van der Waals surface area (Å²) < 4.78 is 0. The molecule has 1 N–H and O–H groups in total. The number of rotatable bonds is 2. The standard InChI is InChI=1S/C12H14ClNO2/c1-8-2-3-9(6-11(8)13)14-10(7-15)4-5-12(14)16/h2-3,6,10,15H,4-5,7H2,1H3. The van der Waals surface area contributed by atoms with Crippen molar-refractivity contribution in [2.24, 2.45) is 0 Å². The van der Waals surface area contributed by atoms with E-state index in [1.54, 1.807) is 11.0 Å². The normalized spacial score (nSPS) is 20.6. The summed E-state index contributed by atoms with van der Waals surface area (Å²) in [6, 6.07) is 5.43. The van der Waals surface area contributed by atoms with Gasteiger partial charge in [-0.15, -0.1) is 0 Å². The van der Waals surface area contributed by atoms with Crippen LogP contribution >= 0.6 is 11.6 Å². The van der Waals surface area contributed by atoms with Crippen molar-refractivity contribution < 1.29 is 9.90 Å². The average molecular weight is 240 g/mol. The summed E-state index contributed by atoms with van der Waals surface area (Å²) in [6.45, 7) is 1.92. The lowest BCUT2D eigenvalue weighted by atomic mass is 10.2. The molecule has 1 fully saturated rings. The fraction of sp³-hybridized carbons (Fsp3) is 0.417. The molecule has 86 valence electrons. The van der Waals surface area contributed by atoms with Crippen molar-refractivity contribution in [3.8, 4) is 0 Å². The third-order valence-electron chi connectivity index (χ3n) is 2.97. The minimum atomic E-state index is -0.105. The SMILES string of the molecule is Cc1ccc(N2C(=O)CCC2CO)cc1Cl. The van der Waals surface area contributed by atoms with Crippen LogP contribution in [0.5, 0.6) is 0 Å². The molecule has 1 unspecified atom stereocenters. The van der Waals surface area contributed by atoms with E-state index in [0.717, 1.165) is 11.3 Å². The van der Waals surface area contributed by atoms with Crippen LogP contribution in [0.2, 0.25) is 5.02 Å². The molecule has 0 bridgehead atoms. The highest BCUT2D eigenvalue weighted by Gasteiger charge is 2.31. The summed E-state index contributed by atoms with van der Waals surface area (Å²) in [6.07, 6.45) is 1.21. The highest BCUT2D eigenvalue weighted by atomic mass is 35.5. The molecule has 0 radical (unpaired) electrons. The van der Waals surface area contributed by atoms with Crippen LogP contribution in [0.25, 0.3) is 0 Å². The second-order valence-electron chi connectivity index (χ2n) is 4.07. The van der Waals surface area contributed by atoms with Crippen molar-refractivity contribution in [3.63, 3.8) is 0 Å². The Morgan fingerprint density at radius 2 is 2.31 bits per heavy atom. The van der Waals surface area contributed by atoms with E-state index in [0.29, 0.717) is 17.9 Å². The van der Waals surface area contributed by atoms with Crippen LogP contribution in [-0.2, 0) is 4.79 Å². The van der Waals surface area contributed by atoms with Crippen molar-refractivity contribution >= 4 is 23.2 Å². The number of aliphatic hydroxyl groups excluding tert-OH is 1. The van der Waals surface area contributed by atoms with E-state index in [9.17, 15) is 9.90 Å². The van der Waals surface area contributed by atoms with Gasteiger partial charge in [0.05, 0.1) is 12.6 Å². The number of carbonyl (C=O) groups is 1. The molecule has 16 heavy (non-hydrogen) atoms. The van der Waals surface area contributed by atoms with E-state index in [1.165, 1.54) is 0 Å². The minimum absolute atomic E-state index is 0.00274. The molecule has 2 rings (SSSR count). The van der Waals surface area contributed by atoms with Crippen LogP contribution in [0.15, 0.2) is 18.2 Å². The minimum Gasteiger partial charge on any atom is -0.394 e. The molecule has 1 atom stereocenters. The number of hydrogen-bond acceptors (Lipinski definition) is 2. The molecule has 1 aromatic rings. The Morgan fingerprint density at radius 1 is 1.56 bits per heavy atom. The van der Waals surface area contributed by atoms with Gasteiger partial charge < -0.3 is 10.0 Å².